The molecule has 20 heavy (non-hydrogen) atoms. The lowest BCUT2D eigenvalue weighted by molar-refractivity contribution is 0.139. The molecule has 5 nitrogen and oxygen atoms in total. The van der Waals surface area contributed by atoms with Crippen LogP contribution in [0.3, 0.4) is 0 Å². The maximum atomic E-state index is 11.6. The molecule has 120 valence electrons. The molecule has 0 spiro atoms. The number of nitrogens with one attached hydrogen (secondary N) is 1. The molecule has 0 aromatic rings. The van der Waals surface area contributed by atoms with Gasteiger partial charge in [-0.15, -0.1) is 0 Å². The van der Waals surface area contributed by atoms with Crippen molar-refractivity contribution in [1.82, 2.24) is 9.62 Å². The van der Waals surface area contributed by atoms with Crippen molar-refractivity contribution in [2.75, 3.05) is 39.6 Å². The van der Waals surface area contributed by atoms with Gasteiger partial charge in [-0.1, -0.05) is 0 Å². The standard InChI is InChI=1S/C14H30N2O3S/c1-4-19-10-6-8-14(15-2)11-13-7-5-9-16(12-13)20(3,17)18/h13-15H,4-12H2,1-3H3. The average molecular weight is 306 g/mol. The first-order valence-corrected chi connectivity index (χ1v) is 9.52. The van der Waals surface area contributed by atoms with Gasteiger partial charge < -0.3 is 10.1 Å². The van der Waals surface area contributed by atoms with Gasteiger partial charge in [-0.3, -0.25) is 0 Å². The van der Waals surface area contributed by atoms with E-state index in [-0.39, 0.29) is 0 Å². The highest BCUT2D eigenvalue weighted by atomic mass is 32.2. The van der Waals surface area contributed by atoms with Gasteiger partial charge in [0.2, 0.25) is 10.0 Å². The van der Waals surface area contributed by atoms with Crippen molar-refractivity contribution >= 4 is 10.0 Å². The lowest BCUT2D eigenvalue weighted by Crippen LogP contribution is -2.41. The Bertz CT molecular complexity index is 359. The van der Waals surface area contributed by atoms with Crippen LogP contribution in [0.2, 0.25) is 0 Å². The molecule has 1 aliphatic heterocycles. The molecular formula is C14H30N2O3S. The first-order valence-electron chi connectivity index (χ1n) is 7.67. The van der Waals surface area contributed by atoms with E-state index in [9.17, 15) is 8.42 Å². The predicted molar refractivity (Wildman–Crippen MR) is 82.3 cm³/mol. The van der Waals surface area contributed by atoms with Crippen molar-refractivity contribution in [2.45, 2.75) is 45.1 Å². The average Bonchev–Trinajstić information content (AvgIpc) is 2.41. The maximum Gasteiger partial charge on any atom is 0.211 e. The van der Waals surface area contributed by atoms with Gasteiger partial charge in [0.15, 0.2) is 0 Å². The Morgan fingerprint density at radius 3 is 2.80 bits per heavy atom. The quantitative estimate of drug-likeness (QED) is 0.655. The second-order valence-corrected chi connectivity index (χ2v) is 7.67. The van der Waals surface area contributed by atoms with E-state index in [2.05, 4.69) is 5.32 Å². The Morgan fingerprint density at radius 1 is 1.45 bits per heavy atom. The zero-order valence-electron chi connectivity index (χ0n) is 13.1. The fourth-order valence-electron chi connectivity index (χ4n) is 2.88. The van der Waals surface area contributed by atoms with Crippen molar-refractivity contribution in [3.8, 4) is 0 Å². The molecule has 0 radical (unpaired) electrons. The van der Waals surface area contributed by atoms with Crippen LogP contribution < -0.4 is 5.32 Å². The van der Waals surface area contributed by atoms with Crippen LogP contribution in [-0.2, 0) is 14.8 Å². The number of nitrogens with zero attached hydrogens (tertiary/aromatic N) is 1. The maximum absolute atomic E-state index is 11.6. The van der Waals surface area contributed by atoms with Gasteiger partial charge in [0.05, 0.1) is 6.26 Å². The predicted octanol–water partition coefficient (Wildman–Crippen LogP) is 1.45. The van der Waals surface area contributed by atoms with Crippen LogP contribution in [0, 0.1) is 5.92 Å². The number of sulfonamides is 1. The molecule has 0 saturated carbocycles. The topological polar surface area (TPSA) is 58.6 Å². The molecule has 1 fully saturated rings. The van der Waals surface area contributed by atoms with E-state index in [0.29, 0.717) is 25.0 Å². The molecular weight excluding hydrogens is 276 g/mol. The van der Waals surface area contributed by atoms with Crippen LogP contribution >= 0.6 is 0 Å². The SMILES string of the molecule is CCOCCCC(CC1CCCN(S(C)(=O)=O)C1)NC. The van der Waals surface area contributed by atoms with Gasteiger partial charge in [0.25, 0.3) is 0 Å². The van der Waals surface area contributed by atoms with Crippen LogP contribution in [-0.4, -0.2) is 58.4 Å². The summed E-state index contributed by atoms with van der Waals surface area (Å²) in [5, 5.41) is 3.36. The summed E-state index contributed by atoms with van der Waals surface area (Å²) in [5.41, 5.74) is 0. The first kappa shape index (κ1) is 17.9. The highest BCUT2D eigenvalue weighted by Gasteiger charge is 2.27. The summed E-state index contributed by atoms with van der Waals surface area (Å²) in [6.07, 6.45) is 6.62. The number of ether oxygens (including phenoxy) is 1. The lowest BCUT2D eigenvalue weighted by Gasteiger charge is -2.33. The van der Waals surface area contributed by atoms with E-state index in [1.54, 1.807) is 4.31 Å². The molecule has 2 atom stereocenters. The Labute approximate surface area is 124 Å². The molecule has 0 aromatic carbocycles. The molecule has 0 amide bonds. The number of hydrogen-bond donors (Lipinski definition) is 1. The summed E-state index contributed by atoms with van der Waals surface area (Å²) >= 11 is 0. The Hall–Kier alpha value is -0.170. The fraction of sp³-hybridized carbons (Fsp3) is 1.00. The molecule has 1 aliphatic rings. The van der Waals surface area contributed by atoms with Gasteiger partial charge in [-0.2, -0.15) is 0 Å². The summed E-state index contributed by atoms with van der Waals surface area (Å²) in [4.78, 5) is 0. The Balaban J connectivity index is 2.36. The Kier molecular flexibility index (Phi) is 8.02. The van der Waals surface area contributed by atoms with Crippen LogP contribution in [0.5, 0.6) is 0 Å². The van der Waals surface area contributed by atoms with Crippen LogP contribution in [0.4, 0.5) is 0 Å². The molecule has 1 rings (SSSR count). The smallest absolute Gasteiger partial charge is 0.211 e. The number of hydrogen-bond acceptors (Lipinski definition) is 4. The van der Waals surface area contributed by atoms with Gasteiger partial charge in [-0.05, 0) is 52.0 Å². The van der Waals surface area contributed by atoms with Crippen LogP contribution in [0.25, 0.3) is 0 Å². The minimum Gasteiger partial charge on any atom is -0.382 e. The van der Waals surface area contributed by atoms with E-state index in [4.69, 9.17) is 4.74 Å². The van der Waals surface area contributed by atoms with Crippen molar-refractivity contribution in [3.05, 3.63) is 0 Å². The molecule has 0 aromatic heterocycles. The van der Waals surface area contributed by atoms with Crippen molar-refractivity contribution in [2.24, 2.45) is 5.92 Å². The van der Waals surface area contributed by atoms with E-state index in [1.807, 2.05) is 14.0 Å². The van der Waals surface area contributed by atoms with Crippen molar-refractivity contribution in [3.63, 3.8) is 0 Å². The molecule has 0 bridgehead atoms. The molecule has 0 aliphatic carbocycles. The summed E-state index contributed by atoms with van der Waals surface area (Å²) < 4.78 is 30.2. The third-order valence-corrected chi connectivity index (χ3v) is 5.29. The first-order chi connectivity index (χ1) is 9.47. The second-order valence-electron chi connectivity index (χ2n) is 5.69. The summed E-state index contributed by atoms with van der Waals surface area (Å²) in [5.74, 6) is 0.475. The Morgan fingerprint density at radius 2 is 2.20 bits per heavy atom. The number of rotatable bonds is 9. The zero-order chi connectivity index (χ0) is 15.0. The normalized spacial score (nSPS) is 22.9. The summed E-state index contributed by atoms with van der Waals surface area (Å²) in [6, 6.07) is 0.458. The van der Waals surface area contributed by atoms with Gasteiger partial charge >= 0.3 is 0 Å². The van der Waals surface area contributed by atoms with Crippen LogP contribution in [0.15, 0.2) is 0 Å². The largest absolute Gasteiger partial charge is 0.382 e. The summed E-state index contributed by atoms with van der Waals surface area (Å²) in [7, 11) is -1.04. The second kappa shape index (κ2) is 8.97. The van der Waals surface area contributed by atoms with E-state index < -0.39 is 10.0 Å². The van der Waals surface area contributed by atoms with E-state index >= 15 is 0 Å². The fourth-order valence-corrected chi connectivity index (χ4v) is 3.82. The van der Waals surface area contributed by atoms with Crippen molar-refractivity contribution in [1.29, 1.82) is 0 Å². The minimum absolute atomic E-state index is 0.458. The van der Waals surface area contributed by atoms with E-state index in [0.717, 1.165) is 45.3 Å². The molecule has 1 saturated heterocycles. The third kappa shape index (κ3) is 6.52. The minimum atomic E-state index is -3.03. The van der Waals surface area contributed by atoms with Crippen molar-refractivity contribution < 1.29 is 13.2 Å². The van der Waals surface area contributed by atoms with Gasteiger partial charge in [0, 0.05) is 32.3 Å². The van der Waals surface area contributed by atoms with Crippen LogP contribution in [0.1, 0.15) is 39.0 Å². The van der Waals surface area contributed by atoms with Gasteiger partial charge in [0.1, 0.15) is 0 Å². The molecule has 1 N–H and O–H groups in total. The third-order valence-electron chi connectivity index (χ3n) is 4.02. The lowest BCUT2D eigenvalue weighted by atomic mass is 9.91. The number of piperidine rings is 1. The monoisotopic (exact) mass is 306 g/mol. The van der Waals surface area contributed by atoms with Gasteiger partial charge in [-0.25, -0.2) is 12.7 Å². The highest BCUT2D eigenvalue weighted by Crippen LogP contribution is 2.23. The summed E-state index contributed by atoms with van der Waals surface area (Å²) in [6.45, 7) is 4.97. The zero-order valence-corrected chi connectivity index (χ0v) is 13.9. The molecule has 6 heteroatoms. The molecule has 1 heterocycles. The highest BCUT2D eigenvalue weighted by molar-refractivity contribution is 7.88. The van der Waals surface area contributed by atoms with E-state index in [1.165, 1.54) is 6.26 Å². The molecule has 2 unspecified atom stereocenters.